The molecular weight excluding hydrogens is 935 g/mol. The molecule has 0 aromatic carbocycles. The second-order valence-corrected chi connectivity index (χ2v) is 19.7. The maximum atomic E-state index is 12.9. The first-order valence-electron chi connectivity index (χ1n) is 14.8. The highest BCUT2D eigenvalue weighted by atomic mass is 31.2. The van der Waals surface area contributed by atoms with E-state index in [0.29, 0.717) is 0 Å². The predicted molar refractivity (Wildman–Crippen MR) is 174 cm³/mol. The van der Waals surface area contributed by atoms with E-state index in [1.807, 2.05) is 0 Å². The van der Waals surface area contributed by atoms with Gasteiger partial charge in [0.05, 0.1) is 106 Å². The zero-order chi connectivity index (χ0) is 43.2. The molecule has 0 aliphatic heterocycles. The highest BCUT2D eigenvalue weighted by Gasteiger charge is 2.30. The summed E-state index contributed by atoms with van der Waals surface area (Å²) in [6.45, 7) is -13.9. The van der Waals surface area contributed by atoms with Gasteiger partial charge in [-0.05, 0) is 0 Å². The van der Waals surface area contributed by atoms with Crippen LogP contribution in [0.15, 0.2) is 0 Å². The fourth-order valence-corrected chi connectivity index (χ4v) is 7.34. The lowest BCUT2D eigenvalue weighted by Gasteiger charge is -2.17. The zero-order valence-corrected chi connectivity index (χ0v) is 34.8. The number of halogens is 2. The molecule has 0 aliphatic rings. The Bertz CT molecular complexity index is 1450. The van der Waals surface area contributed by atoms with Crippen molar-refractivity contribution >= 4 is 54.8 Å². The Morgan fingerprint density at radius 3 is 0.732 bits per heavy atom. The molecule has 9 N–H and O–H groups in total. The van der Waals surface area contributed by atoms with E-state index < -0.39 is 172 Å². The number of phosphoric ester groups is 7. The van der Waals surface area contributed by atoms with Crippen LogP contribution >= 0.6 is 54.8 Å². The van der Waals surface area contributed by atoms with E-state index in [2.05, 4.69) is 58.8 Å². The summed E-state index contributed by atoms with van der Waals surface area (Å²) < 4.78 is 164. The molecule has 0 aliphatic carbocycles. The smallest absolute Gasteiger partial charge is 0.396 e. The molecule has 0 radical (unpaired) electrons. The van der Waals surface area contributed by atoms with Gasteiger partial charge in [-0.3, -0.25) is 67.6 Å². The number of alkyl halides is 2. The summed E-state index contributed by atoms with van der Waals surface area (Å²) in [4.78, 5) is 74.5. The lowest BCUT2D eigenvalue weighted by atomic mass is 10.2. The van der Waals surface area contributed by atoms with Gasteiger partial charge in [0.1, 0.15) is 0 Å². The summed E-state index contributed by atoms with van der Waals surface area (Å²) in [6, 6.07) is 0. The van der Waals surface area contributed by atoms with Crippen molar-refractivity contribution < 1.29 is 144 Å². The number of aliphatic hydroxyl groups excluding tert-OH is 1. The van der Waals surface area contributed by atoms with E-state index in [4.69, 9.17) is 14.9 Å². The van der Waals surface area contributed by atoms with Crippen molar-refractivity contribution in [1.29, 1.82) is 0 Å². The fourth-order valence-electron chi connectivity index (χ4n) is 2.63. The zero-order valence-electron chi connectivity index (χ0n) is 28.5. The minimum absolute atomic E-state index is 0.664. The van der Waals surface area contributed by atoms with Crippen LogP contribution in [0.5, 0.6) is 0 Å². The van der Waals surface area contributed by atoms with Gasteiger partial charge < -0.3 is 44.3 Å². The molecule has 0 saturated carbocycles. The van der Waals surface area contributed by atoms with Crippen LogP contribution in [0.3, 0.4) is 0 Å². The molecule has 0 bridgehead atoms. The SMILES string of the molecule is O=P(O)(O)OCC(CF)COP(=O)(O)OCCOP(=O)(O)OCCOP(=O)(O)OCCOP(=O)(O)OCCOP(=O)(O)OCCOP(=O)(O)OCC(CO)CF. The first-order chi connectivity index (χ1) is 25.7. The molecule has 56 heavy (non-hydrogen) atoms. The van der Waals surface area contributed by atoms with Crippen LogP contribution in [-0.4, -0.2) is 150 Å². The van der Waals surface area contributed by atoms with Gasteiger partial charge in [-0.15, -0.1) is 0 Å². The van der Waals surface area contributed by atoms with Gasteiger partial charge >= 0.3 is 54.8 Å². The average Bonchev–Trinajstić information content (AvgIpc) is 3.08. The molecule has 0 aromatic heterocycles. The average molecular weight is 978 g/mol. The third kappa shape index (κ3) is 32.4. The fraction of sp³-hybridized carbons (Fsp3) is 1.00. The van der Waals surface area contributed by atoms with E-state index in [1.54, 1.807) is 0 Å². The summed E-state index contributed by atoms with van der Waals surface area (Å²) in [5, 5.41) is 8.81. The highest BCUT2D eigenvalue weighted by molar-refractivity contribution is 7.49. The van der Waals surface area contributed by atoms with Crippen LogP contribution in [0.4, 0.5) is 8.78 Å². The first-order valence-corrected chi connectivity index (χ1v) is 25.3. The lowest BCUT2D eigenvalue weighted by Crippen LogP contribution is -2.17. The molecule has 8 atom stereocenters. The predicted octanol–water partition coefficient (Wildman–Crippen LogP) is 1.06. The maximum Gasteiger partial charge on any atom is 0.472 e. The van der Waals surface area contributed by atoms with Crippen LogP contribution in [0.25, 0.3) is 0 Å². The molecule has 38 heteroatoms. The Hall–Kier alpha value is 0.590. The second kappa shape index (κ2) is 27.5. The monoisotopic (exact) mass is 978 g/mol. The Kier molecular flexibility index (Phi) is 27.8. The molecule has 0 amide bonds. The van der Waals surface area contributed by atoms with Crippen molar-refractivity contribution in [3.8, 4) is 0 Å². The van der Waals surface area contributed by atoms with Gasteiger partial charge in [0, 0.05) is 11.8 Å². The van der Waals surface area contributed by atoms with E-state index in [1.165, 1.54) is 0 Å². The van der Waals surface area contributed by atoms with E-state index in [0.717, 1.165) is 0 Å². The Morgan fingerprint density at radius 2 is 0.536 bits per heavy atom. The van der Waals surface area contributed by atoms with Crippen molar-refractivity contribution in [2.24, 2.45) is 11.8 Å². The van der Waals surface area contributed by atoms with Gasteiger partial charge in [-0.2, -0.15) is 0 Å². The molecule has 0 aromatic rings. The molecule has 0 saturated heterocycles. The Morgan fingerprint density at radius 1 is 0.339 bits per heavy atom. The van der Waals surface area contributed by atoms with Crippen molar-refractivity contribution in [1.82, 2.24) is 0 Å². The second-order valence-electron chi connectivity index (χ2n) is 9.74. The first kappa shape index (κ1) is 56.6. The van der Waals surface area contributed by atoms with Gasteiger partial charge in [-0.25, -0.2) is 32.0 Å². The molecule has 8 unspecified atom stereocenters. The van der Waals surface area contributed by atoms with Crippen LogP contribution in [0.1, 0.15) is 0 Å². The highest BCUT2D eigenvalue weighted by Crippen LogP contribution is 2.49. The number of hydrogen-bond acceptors (Lipinski definition) is 21. The van der Waals surface area contributed by atoms with Crippen LogP contribution in [0.2, 0.25) is 0 Å². The van der Waals surface area contributed by atoms with Crippen molar-refractivity contribution in [2.45, 2.75) is 0 Å². The quantitative estimate of drug-likeness (QED) is 0.0310. The number of hydrogen-bond donors (Lipinski definition) is 9. The Balaban J connectivity index is 4.23. The van der Waals surface area contributed by atoms with Crippen molar-refractivity contribution in [3.63, 3.8) is 0 Å². The maximum absolute atomic E-state index is 12.9. The van der Waals surface area contributed by atoms with Crippen LogP contribution in [0, 0.1) is 11.8 Å². The summed E-state index contributed by atoms with van der Waals surface area (Å²) in [5.41, 5.74) is 0. The standard InChI is InChI=1S/C18H43F2O29P7/c19-11-17(13-21)14-48-55(33,34)45-9-7-43-53(29,30)41-5-3-39-51(25,26)37-1-2-38-52(27,28)40-4-6-42-54(31,32)44-8-10-46-56(35,36)49-16-18(12-20)15-47-50(22,23)24/h17-18,21H,1-16H2,(H,25,26)(H,27,28)(H,29,30)(H,31,32)(H,33,34)(H,35,36)(H2,22,23,24). The van der Waals surface area contributed by atoms with E-state index >= 15 is 0 Å². The minimum atomic E-state index is -4.95. The third-order valence-corrected chi connectivity index (χ3v) is 11.6. The summed E-state index contributed by atoms with van der Waals surface area (Å²) in [7, 11) is -34.1. The number of rotatable bonds is 37. The van der Waals surface area contributed by atoms with Crippen molar-refractivity contribution in [3.05, 3.63) is 0 Å². The molecule has 0 fully saturated rings. The molecule has 338 valence electrons. The van der Waals surface area contributed by atoms with E-state index in [9.17, 15) is 70.1 Å². The topological polar surface area (TPSA) is 422 Å². The molecule has 0 spiro atoms. The molecular formula is C18H43F2O29P7. The van der Waals surface area contributed by atoms with E-state index in [-0.39, 0.29) is 0 Å². The summed E-state index contributed by atoms with van der Waals surface area (Å²) in [5.74, 6) is -2.45. The number of aliphatic hydroxyl groups is 1. The number of phosphoric acid groups is 7. The largest absolute Gasteiger partial charge is 0.472 e. The molecule has 0 heterocycles. The normalized spacial score (nSPS) is 20.1. The van der Waals surface area contributed by atoms with Crippen LogP contribution < -0.4 is 0 Å². The van der Waals surface area contributed by atoms with Crippen molar-refractivity contribution in [2.75, 3.05) is 106 Å². The lowest BCUT2D eigenvalue weighted by molar-refractivity contribution is 0.0695. The Labute approximate surface area is 316 Å². The van der Waals surface area contributed by atoms with Gasteiger partial charge in [-0.1, -0.05) is 0 Å². The third-order valence-electron chi connectivity index (χ3n) is 5.08. The van der Waals surface area contributed by atoms with Gasteiger partial charge in [0.2, 0.25) is 0 Å². The molecule has 0 rings (SSSR count). The van der Waals surface area contributed by atoms with Gasteiger partial charge in [0.25, 0.3) is 0 Å². The summed E-state index contributed by atoms with van der Waals surface area (Å²) >= 11 is 0. The minimum Gasteiger partial charge on any atom is -0.396 e. The van der Waals surface area contributed by atoms with Gasteiger partial charge in [0.15, 0.2) is 0 Å². The summed E-state index contributed by atoms with van der Waals surface area (Å²) in [6.07, 6.45) is 0. The van der Waals surface area contributed by atoms with Crippen LogP contribution in [-0.2, 0) is 90.8 Å². The molecule has 29 nitrogen and oxygen atoms in total.